The third-order valence-corrected chi connectivity index (χ3v) is 3.89. The van der Waals surface area contributed by atoms with Crippen molar-refractivity contribution in [3.8, 4) is 0 Å². The Morgan fingerprint density at radius 3 is 2.04 bits per heavy atom. The fourth-order valence-corrected chi connectivity index (χ4v) is 2.32. The average molecular weight is 338 g/mol. The van der Waals surface area contributed by atoms with Crippen LogP contribution in [0.15, 0.2) is 48.5 Å². The molecule has 0 aliphatic carbocycles. The van der Waals surface area contributed by atoms with Gasteiger partial charge in [-0.3, -0.25) is 14.4 Å². The molecule has 0 bridgehead atoms. The number of nitrogens with one attached hydrogen (secondary N) is 2. The van der Waals surface area contributed by atoms with Gasteiger partial charge in [-0.15, -0.1) is 0 Å². The first-order valence-electron chi connectivity index (χ1n) is 8.17. The van der Waals surface area contributed by atoms with Crippen LogP contribution in [-0.2, 0) is 11.3 Å². The Morgan fingerprint density at radius 2 is 1.44 bits per heavy atom. The molecule has 0 heterocycles. The molecule has 0 aliphatic rings. The molecule has 2 rings (SSSR count). The van der Waals surface area contributed by atoms with Crippen molar-refractivity contribution in [2.45, 2.75) is 26.3 Å². The van der Waals surface area contributed by atoms with E-state index in [4.69, 9.17) is 0 Å². The highest BCUT2D eigenvalue weighted by Gasteiger charge is 2.09. The number of amides is 2. The van der Waals surface area contributed by atoms with E-state index in [9.17, 15) is 14.4 Å². The van der Waals surface area contributed by atoms with Crippen LogP contribution in [0.5, 0.6) is 0 Å². The number of aryl methyl sites for hydroxylation is 1. The molecule has 2 aromatic carbocycles. The van der Waals surface area contributed by atoms with Gasteiger partial charge in [-0.25, -0.2) is 0 Å². The van der Waals surface area contributed by atoms with Gasteiger partial charge in [0.05, 0.1) is 0 Å². The number of hydrogen-bond donors (Lipinski definition) is 2. The van der Waals surface area contributed by atoms with Crippen molar-refractivity contribution in [1.82, 2.24) is 10.6 Å². The quantitative estimate of drug-likeness (QED) is 0.762. The van der Waals surface area contributed by atoms with Crippen molar-refractivity contribution >= 4 is 17.6 Å². The van der Waals surface area contributed by atoms with Gasteiger partial charge in [0, 0.05) is 37.6 Å². The summed E-state index contributed by atoms with van der Waals surface area (Å²) in [5.41, 5.74) is 3.19. The molecule has 0 radical (unpaired) electrons. The number of hydrogen-bond acceptors (Lipinski definition) is 3. The van der Waals surface area contributed by atoms with Gasteiger partial charge in [0.1, 0.15) is 0 Å². The Morgan fingerprint density at radius 1 is 0.840 bits per heavy atom. The van der Waals surface area contributed by atoms with Crippen molar-refractivity contribution in [3.63, 3.8) is 0 Å². The van der Waals surface area contributed by atoms with Crippen molar-refractivity contribution in [3.05, 3.63) is 70.8 Å². The second kappa shape index (κ2) is 8.78. The Hall–Kier alpha value is -2.95. The van der Waals surface area contributed by atoms with Crippen molar-refractivity contribution < 1.29 is 14.4 Å². The molecular weight excluding hydrogens is 316 g/mol. The fourth-order valence-electron chi connectivity index (χ4n) is 2.32. The van der Waals surface area contributed by atoms with Gasteiger partial charge in [-0.05, 0) is 24.6 Å². The molecule has 0 aliphatic heterocycles. The zero-order chi connectivity index (χ0) is 18.2. The number of benzene rings is 2. The predicted octanol–water partition coefficient (Wildman–Crippen LogP) is 2.63. The maximum absolute atomic E-state index is 12.0. The normalized spacial score (nSPS) is 10.2. The Bertz CT molecular complexity index is 750. The zero-order valence-corrected chi connectivity index (χ0v) is 14.5. The van der Waals surface area contributed by atoms with Gasteiger partial charge in [0.25, 0.3) is 5.91 Å². The van der Waals surface area contributed by atoms with Crippen LogP contribution in [0, 0.1) is 6.92 Å². The number of rotatable bonds is 7. The largest absolute Gasteiger partial charge is 0.355 e. The molecule has 0 saturated heterocycles. The van der Waals surface area contributed by atoms with Crippen LogP contribution >= 0.6 is 0 Å². The lowest BCUT2D eigenvalue weighted by Gasteiger charge is -2.06. The Balaban J connectivity index is 1.77. The summed E-state index contributed by atoms with van der Waals surface area (Å²) in [6.07, 6.45) is 0.341. The molecule has 0 unspecified atom stereocenters. The van der Waals surface area contributed by atoms with Crippen LogP contribution in [0.25, 0.3) is 0 Å². The lowest BCUT2D eigenvalue weighted by molar-refractivity contribution is -0.121. The summed E-state index contributed by atoms with van der Waals surface area (Å²) < 4.78 is 0. The smallest absolute Gasteiger partial charge is 0.251 e. The summed E-state index contributed by atoms with van der Waals surface area (Å²) in [6, 6.07) is 14.3. The first kappa shape index (κ1) is 18.4. The van der Waals surface area contributed by atoms with E-state index >= 15 is 0 Å². The van der Waals surface area contributed by atoms with Gasteiger partial charge >= 0.3 is 0 Å². The molecule has 5 nitrogen and oxygen atoms in total. The van der Waals surface area contributed by atoms with Crippen LogP contribution in [0.3, 0.4) is 0 Å². The number of Topliss-reactive ketones (excluding diaryl/α,β-unsaturated/α-hetero) is 1. The van der Waals surface area contributed by atoms with Crippen LogP contribution in [0.1, 0.15) is 44.7 Å². The highest BCUT2D eigenvalue weighted by molar-refractivity contribution is 5.98. The van der Waals surface area contributed by atoms with E-state index in [0.29, 0.717) is 17.7 Å². The first-order chi connectivity index (χ1) is 12.0. The van der Waals surface area contributed by atoms with Crippen molar-refractivity contribution in [1.29, 1.82) is 0 Å². The second-order valence-electron chi connectivity index (χ2n) is 5.84. The third-order valence-electron chi connectivity index (χ3n) is 3.89. The molecule has 0 aromatic heterocycles. The van der Waals surface area contributed by atoms with E-state index in [1.165, 1.54) is 0 Å². The predicted molar refractivity (Wildman–Crippen MR) is 96.4 cm³/mol. The van der Waals surface area contributed by atoms with E-state index in [1.54, 1.807) is 43.4 Å². The van der Waals surface area contributed by atoms with Crippen LogP contribution in [0.2, 0.25) is 0 Å². The summed E-state index contributed by atoms with van der Waals surface area (Å²) in [7, 11) is 1.58. The minimum atomic E-state index is -0.171. The minimum Gasteiger partial charge on any atom is -0.355 e. The number of ketones is 1. The Labute approximate surface area is 147 Å². The minimum absolute atomic E-state index is 0.0370. The average Bonchev–Trinajstić information content (AvgIpc) is 2.64. The topological polar surface area (TPSA) is 75.3 Å². The third kappa shape index (κ3) is 5.57. The van der Waals surface area contributed by atoms with E-state index in [0.717, 1.165) is 11.1 Å². The maximum atomic E-state index is 12.0. The summed E-state index contributed by atoms with van der Waals surface area (Å²) in [5.74, 6) is -0.355. The van der Waals surface area contributed by atoms with Crippen LogP contribution in [-0.4, -0.2) is 24.6 Å². The standard InChI is InChI=1S/C20H22N2O3/c1-14-3-7-16(8-4-14)18(23)11-12-19(24)22-13-15-5-9-17(10-6-15)20(25)21-2/h3-10H,11-13H2,1-2H3,(H,21,25)(H,22,24). The monoisotopic (exact) mass is 338 g/mol. The van der Waals surface area contributed by atoms with Crippen LogP contribution in [0.4, 0.5) is 0 Å². The van der Waals surface area contributed by atoms with E-state index in [1.807, 2.05) is 19.1 Å². The lowest BCUT2D eigenvalue weighted by atomic mass is 10.0. The molecule has 5 heteroatoms. The molecule has 2 amide bonds. The molecule has 0 spiro atoms. The van der Waals surface area contributed by atoms with E-state index < -0.39 is 0 Å². The van der Waals surface area contributed by atoms with Crippen LogP contribution < -0.4 is 10.6 Å². The van der Waals surface area contributed by atoms with Gasteiger partial charge in [0.2, 0.25) is 5.91 Å². The van der Waals surface area contributed by atoms with E-state index in [2.05, 4.69) is 10.6 Å². The molecule has 2 aromatic rings. The van der Waals surface area contributed by atoms with E-state index in [-0.39, 0.29) is 30.4 Å². The first-order valence-corrected chi connectivity index (χ1v) is 8.17. The molecule has 0 saturated carbocycles. The van der Waals surface area contributed by atoms with Crippen molar-refractivity contribution in [2.24, 2.45) is 0 Å². The Kier molecular flexibility index (Phi) is 6.46. The molecule has 130 valence electrons. The molecule has 25 heavy (non-hydrogen) atoms. The van der Waals surface area contributed by atoms with Gasteiger partial charge in [-0.2, -0.15) is 0 Å². The molecule has 2 N–H and O–H groups in total. The molecule has 0 atom stereocenters. The highest BCUT2D eigenvalue weighted by atomic mass is 16.2. The van der Waals surface area contributed by atoms with Gasteiger partial charge < -0.3 is 10.6 Å². The lowest BCUT2D eigenvalue weighted by Crippen LogP contribution is -2.23. The summed E-state index contributed by atoms with van der Waals surface area (Å²) in [6.45, 7) is 2.33. The number of carbonyl (C=O) groups is 3. The second-order valence-corrected chi connectivity index (χ2v) is 5.84. The highest BCUT2D eigenvalue weighted by Crippen LogP contribution is 2.08. The van der Waals surface area contributed by atoms with Gasteiger partial charge in [0.15, 0.2) is 5.78 Å². The summed E-state index contributed by atoms with van der Waals surface area (Å²) in [4.78, 5) is 35.4. The fraction of sp³-hybridized carbons (Fsp3) is 0.250. The molecular formula is C20H22N2O3. The van der Waals surface area contributed by atoms with Gasteiger partial charge in [-0.1, -0.05) is 42.0 Å². The molecule has 0 fully saturated rings. The summed E-state index contributed by atoms with van der Waals surface area (Å²) in [5, 5.41) is 5.34. The maximum Gasteiger partial charge on any atom is 0.251 e. The van der Waals surface area contributed by atoms with Crippen molar-refractivity contribution in [2.75, 3.05) is 7.05 Å². The SMILES string of the molecule is CNC(=O)c1ccc(CNC(=O)CCC(=O)c2ccc(C)cc2)cc1. The summed E-state index contributed by atoms with van der Waals surface area (Å²) >= 11 is 0. The number of carbonyl (C=O) groups excluding carboxylic acids is 3. The zero-order valence-electron chi connectivity index (χ0n) is 14.5.